The quantitative estimate of drug-likeness (QED) is 0.849. The van der Waals surface area contributed by atoms with Crippen molar-refractivity contribution in [3.8, 4) is 5.75 Å². The average Bonchev–Trinajstić information content (AvgIpc) is 2.53. The molecule has 4 nitrogen and oxygen atoms in total. The van der Waals surface area contributed by atoms with Gasteiger partial charge in [-0.15, -0.1) is 0 Å². The van der Waals surface area contributed by atoms with E-state index in [1.54, 1.807) is 17.2 Å². The first-order chi connectivity index (χ1) is 10.2. The van der Waals surface area contributed by atoms with Gasteiger partial charge >= 0.3 is 0 Å². The molecule has 0 aliphatic heterocycles. The lowest BCUT2D eigenvalue weighted by Crippen LogP contribution is -2.31. The number of nitrogens with zero attached hydrogens (tertiary/aromatic N) is 2. The van der Waals surface area contributed by atoms with E-state index in [4.69, 9.17) is 4.74 Å². The van der Waals surface area contributed by atoms with E-state index in [0.717, 1.165) is 5.69 Å². The van der Waals surface area contributed by atoms with E-state index in [2.05, 4.69) is 4.98 Å². The number of halogens is 1. The van der Waals surface area contributed by atoms with Crippen LogP contribution in [0.3, 0.4) is 0 Å². The number of pyridine rings is 1. The summed E-state index contributed by atoms with van der Waals surface area (Å²) < 4.78 is 19.1. The van der Waals surface area contributed by atoms with E-state index < -0.39 is 5.82 Å². The van der Waals surface area contributed by atoms with Crippen molar-refractivity contribution >= 4 is 5.91 Å². The molecule has 1 heterocycles. The van der Waals surface area contributed by atoms with Crippen molar-refractivity contribution in [2.75, 3.05) is 13.7 Å². The maximum absolute atomic E-state index is 14.2. The van der Waals surface area contributed by atoms with Gasteiger partial charge in [0.05, 0.1) is 24.9 Å². The molecular weight excluding hydrogens is 271 g/mol. The molecule has 0 unspecified atom stereocenters. The van der Waals surface area contributed by atoms with E-state index in [0.29, 0.717) is 13.1 Å². The van der Waals surface area contributed by atoms with Gasteiger partial charge in [0.15, 0.2) is 11.6 Å². The molecule has 0 bridgehead atoms. The molecule has 0 aliphatic carbocycles. The van der Waals surface area contributed by atoms with Crippen LogP contribution in [0.25, 0.3) is 0 Å². The maximum Gasteiger partial charge on any atom is 0.257 e. The van der Waals surface area contributed by atoms with Crippen LogP contribution in [0.4, 0.5) is 4.39 Å². The SMILES string of the molecule is CCN(Cc1ccccn1)C(=O)c1cccc(OC)c1F. The third-order valence-corrected chi connectivity index (χ3v) is 3.16. The largest absolute Gasteiger partial charge is 0.494 e. The van der Waals surface area contributed by atoms with Crippen LogP contribution in [0, 0.1) is 5.82 Å². The van der Waals surface area contributed by atoms with Crippen molar-refractivity contribution in [2.24, 2.45) is 0 Å². The molecule has 21 heavy (non-hydrogen) atoms. The van der Waals surface area contributed by atoms with Crippen LogP contribution in [0.5, 0.6) is 5.75 Å². The standard InChI is InChI=1S/C16H17FN2O2/c1-3-19(11-12-7-4-5-10-18-12)16(20)13-8-6-9-14(21-2)15(13)17/h4-10H,3,11H2,1-2H3. The second-order valence-electron chi connectivity index (χ2n) is 4.46. The van der Waals surface area contributed by atoms with Gasteiger partial charge in [0.2, 0.25) is 0 Å². The number of hydrogen-bond donors (Lipinski definition) is 0. The van der Waals surface area contributed by atoms with E-state index in [1.807, 2.05) is 25.1 Å². The highest BCUT2D eigenvalue weighted by atomic mass is 19.1. The van der Waals surface area contributed by atoms with Crippen LogP contribution in [-0.4, -0.2) is 29.4 Å². The summed E-state index contributed by atoms with van der Waals surface area (Å²) in [5.41, 5.74) is 0.767. The second-order valence-corrected chi connectivity index (χ2v) is 4.46. The summed E-state index contributed by atoms with van der Waals surface area (Å²) >= 11 is 0. The van der Waals surface area contributed by atoms with Crippen LogP contribution < -0.4 is 4.74 Å². The zero-order valence-electron chi connectivity index (χ0n) is 12.0. The molecule has 1 aromatic carbocycles. The number of methoxy groups -OCH3 is 1. The molecule has 0 radical (unpaired) electrons. The number of carbonyl (C=O) groups is 1. The van der Waals surface area contributed by atoms with Crippen molar-refractivity contribution in [3.63, 3.8) is 0 Å². The summed E-state index contributed by atoms with van der Waals surface area (Å²) in [7, 11) is 1.37. The second kappa shape index (κ2) is 6.83. The molecule has 2 aromatic rings. The minimum atomic E-state index is -0.635. The Morgan fingerprint density at radius 3 is 2.71 bits per heavy atom. The summed E-state index contributed by atoms with van der Waals surface area (Å²) in [6.07, 6.45) is 1.67. The van der Waals surface area contributed by atoms with Gasteiger partial charge in [0, 0.05) is 12.7 Å². The molecule has 0 aliphatic rings. The Labute approximate surface area is 123 Å². The molecule has 2 rings (SSSR count). The van der Waals surface area contributed by atoms with Crippen molar-refractivity contribution in [2.45, 2.75) is 13.5 Å². The van der Waals surface area contributed by atoms with Gasteiger partial charge in [-0.1, -0.05) is 12.1 Å². The fraction of sp³-hybridized carbons (Fsp3) is 0.250. The van der Waals surface area contributed by atoms with E-state index in [-0.39, 0.29) is 17.2 Å². The smallest absolute Gasteiger partial charge is 0.257 e. The van der Waals surface area contributed by atoms with Gasteiger partial charge in [-0.25, -0.2) is 4.39 Å². The summed E-state index contributed by atoms with van der Waals surface area (Å²) in [5, 5.41) is 0. The van der Waals surface area contributed by atoms with Gasteiger partial charge in [0.1, 0.15) is 0 Å². The predicted molar refractivity (Wildman–Crippen MR) is 77.6 cm³/mol. The minimum Gasteiger partial charge on any atom is -0.494 e. The Morgan fingerprint density at radius 2 is 2.10 bits per heavy atom. The van der Waals surface area contributed by atoms with E-state index in [1.165, 1.54) is 19.2 Å². The predicted octanol–water partition coefficient (Wildman–Crippen LogP) is 2.89. The molecule has 0 atom stereocenters. The van der Waals surface area contributed by atoms with Crippen LogP contribution in [0.2, 0.25) is 0 Å². The third kappa shape index (κ3) is 3.37. The van der Waals surface area contributed by atoms with E-state index >= 15 is 0 Å². The maximum atomic E-state index is 14.2. The molecule has 110 valence electrons. The molecule has 1 aromatic heterocycles. The number of hydrogen-bond acceptors (Lipinski definition) is 3. The highest BCUT2D eigenvalue weighted by molar-refractivity contribution is 5.94. The molecule has 0 saturated carbocycles. The Balaban J connectivity index is 2.24. The fourth-order valence-electron chi connectivity index (χ4n) is 2.02. The first-order valence-electron chi connectivity index (χ1n) is 6.69. The molecule has 0 N–H and O–H groups in total. The van der Waals surface area contributed by atoms with Crippen LogP contribution in [-0.2, 0) is 6.54 Å². The van der Waals surface area contributed by atoms with Crippen LogP contribution in [0.15, 0.2) is 42.6 Å². The number of amides is 1. The zero-order chi connectivity index (χ0) is 15.2. The first kappa shape index (κ1) is 15.0. The molecule has 1 amide bonds. The highest BCUT2D eigenvalue weighted by Gasteiger charge is 2.20. The highest BCUT2D eigenvalue weighted by Crippen LogP contribution is 2.21. The lowest BCUT2D eigenvalue weighted by Gasteiger charge is -2.21. The molecule has 0 saturated heterocycles. The lowest BCUT2D eigenvalue weighted by molar-refractivity contribution is 0.0745. The Hall–Kier alpha value is -2.43. The Bertz CT molecular complexity index is 617. The van der Waals surface area contributed by atoms with Crippen molar-refractivity contribution in [1.82, 2.24) is 9.88 Å². The Kier molecular flexibility index (Phi) is 4.87. The van der Waals surface area contributed by atoms with Crippen molar-refractivity contribution < 1.29 is 13.9 Å². The summed E-state index contributed by atoms with van der Waals surface area (Å²) in [5.74, 6) is -0.946. The van der Waals surface area contributed by atoms with Crippen LogP contribution in [0.1, 0.15) is 23.0 Å². The minimum absolute atomic E-state index is 0.00660. The number of aromatic nitrogens is 1. The van der Waals surface area contributed by atoms with Gasteiger partial charge < -0.3 is 9.64 Å². The fourth-order valence-corrected chi connectivity index (χ4v) is 2.02. The van der Waals surface area contributed by atoms with Crippen LogP contribution >= 0.6 is 0 Å². The summed E-state index contributed by atoms with van der Waals surface area (Å²) in [4.78, 5) is 18.2. The lowest BCUT2D eigenvalue weighted by atomic mass is 10.1. The number of benzene rings is 1. The average molecular weight is 288 g/mol. The van der Waals surface area contributed by atoms with Gasteiger partial charge in [-0.2, -0.15) is 0 Å². The molecule has 0 fully saturated rings. The van der Waals surface area contributed by atoms with E-state index in [9.17, 15) is 9.18 Å². The molecule has 0 spiro atoms. The van der Waals surface area contributed by atoms with Crippen molar-refractivity contribution in [1.29, 1.82) is 0 Å². The van der Waals surface area contributed by atoms with Gasteiger partial charge in [-0.3, -0.25) is 9.78 Å². The number of ether oxygens (including phenoxy) is 1. The number of rotatable bonds is 5. The van der Waals surface area contributed by atoms with Gasteiger partial charge in [-0.05, 0) is 31.2 Å². The normalized spacial score (nSPS) is 10.2. The van der Waals surface area contributed by atoms with Gasteiger partial charge in [0.25, 0.3) is 5.91 Å². The Morgan fingerprint density at radius 1 is 1.29 bits per heavy atom. The zero-order valence-corrected chi connectivity index (χ0v) is 12.0. The first-order valence-corrected chi connectivity index (χ1v) is 6.69. The monoisotopic (exact) mass is 288 g/mol. The number of carbonyl (C=O) groups excluding carboxylic acids is 1. The van der Waals surface area contributed by atoms with Crippen molar-refractivity contribution in [3.05, 3.63) is 59.7 Å². The topological polar surface area (TPSA) is 42.4 Å². The summed E-state index contributed by atoms with van der Waals surface area (Å²) in [6, 6.07) is 10.0. The third-order valence-electron chi connectivity index (χ3n) is 3.16. The molecular formula is C16H17FN2O2. The molecule has 5 heteroatoms. The summed E-state index contributed by atoms with van der Waals surface area (Å²) in [6.45, 7) is 2.65.